The number of halogens is 1. The van der Waals surface area contributed by atoms with Crippen LogP contribution in [-0.2, 0) is 0 Å². The summed E-state index contributed by atoms with van der Waals surface area (Å²) in [5.41, 5.74) is 0.875. The van der Waals surface area contributed by atoms with Crippen molar-refractivity contribution in [3.8, 4) is 11.8 Å². The van der Waals surface area contributed by atoms with E-state index in [4.69, 9.17) is 5.11 Å². The maximum Gasteiger partial charge on any atom is 0.337 e. The third kappa shape index (κ3) is 2.10. The Bertz CT molecular complexity index is 345. The number of hydrogen-bond acceptors (Lipinski definition) is 2. The van der Waals surface area contributed by atoms with Crippen molar-refractivity contribution in [2.24, 2.45) is 0 Å². The van der Waals surface area contributed by atoms with Gasteiger partial charge in [0.2, 0.25) is 0 Å². The molecule has 2 nitrogen and oxygen atoms in total. The minimum absolute atomic E-state index is 0.286. The number of hydrogen-bond donors (Lipinski definition) is 1. The van der Waals surface area contributed by atoms with Gasteiger partial charge in [0.05, 0.1) is 10.9 Å². The lowest BCUT2D eigenvalue weighted by molar-refractivity contribution is 0.0697. The molecule has 0 fully saturated rings. The standard InChI is InChI=1S/C8H5BrO2S/c9-3-1-2-6-4-12-5-7(6)8(10)11/h4-5H,3H2,(H,10,11). The molecule has 0 radical (unpaired) electrons. The van der Waals surface area contributed by atoms with Crippen LogP contribution in [0.4, 0.5) is 0 Å². The van der Waals surface area contributed by atoms with Crippen LogP contribution < -0.4 is 0 Å². The number of aromatic carboxylic acids is 1. The quantitative estimate of drug-likeness (QED) is 0.608. The lowest BCUT2D eigenvalue weighted by atomic mass is 10.2. The molecule has 12 heavy (non-hydrogen) atoms. The van der Waals surface area contributed by atoms with Crippen LogP contribution in [0.5, 0.6) is 0 Å². The average molecular weight is 245 g/mol. The fourth-order valence-corrected chi connectivity index (χ4v) is 1.58. The zero-order valence-corrected chi connectivity index (χ0v) is 8.41. The summed E-state index contributed by atoms with van der Waals surface area (Å²) in [6, 6.07) is 0. The highest BCUT2D eigenvalue weighted by Crippen LogP contribution is 2.13. The van der Waals surface area contributed by atoms with Crippen molar-refractivity contribution in [2.45, 2.75) is 0 Å². The molecule has 0 amide bonds. The Balaban J connectivity index is 2.99. The molecule has 1 aromatic rings. The van der Waals surface area contributed by atoms with Gasteiger partial charge in [0.25, 0.3) is 0 Å². The predicted octanol–water partition coefficient (Wildman–Crippen LogP) is 2.19. The Kier molecular flexibility index (Phi) is 3.32. The fourth-order valence-electron chi connectivity index (χ4n) is 0.688. The van der Waals surface area contributed by atoms with Crippen LogP contribution in [-0.4, -0.2) is 16.4 Å². The Morgan fingerprint density at radius 2 is 2.42 bits per heavy atom. The smallest absolute Gasteiger partial charge is 0.337 e. The second-order valence-electron chi connectivity index (χ2n) is 1.94. The normalized spacial score (nSPS) is 8.75. The second kappa shape index (κ2) is 4.29. The molecule has 1 N–H and O–H groups in total. The van der Waals surface area contributed by atoms with E-state index in [-0.39, 0.29) is 5.56 Å². The topological polar surface area (TPSA) is 37.3 Å². The van der Waals surface area contributed by atoms with E-state index in [0.717, 1.165) is 0 Å². The summed E-state index contributed by atoms with van der Waals surface area (Å²) in [5.74, 6) is 4.59. The molecule has 4 heteroatoms. The highest BCUT2D eigenvalue weighted by Gasteiger charge is 2.07. The van der Waals surface area contributed by atoms with Crippen molar-refractivity contribution in [2.75, 3.05) is 5.33 Å². The van der Waals surface area contributed by atoms with Crippen molar-refractivity contribution in [1.29, 1.82) is 0 Å². The number of carboxylic acid groups (broad SMARTS) is 1. The lowest BCUT2D eigenvalue weighted by Crippen LogP contribution is -1.95. The summed E-state index contributed by atoms with van der Waals surface area (Å²) in [6.45, 7) is 0. The number of carbonyl (C=O) groups is 1. The summed E-state index contributed by atoms with van der Waals surface area (Å²) < 4.78 is 0. The summed E-state index contributed by atoms with van der Waals surface area (Å²) in [4.78, 5) is 10.6. The first-order chi connectivity index (χ1) is 5.75. The lowest BCUT2D eigenvalue weighted by Gasteiger charge is -1.87. The van der Waals surface area contributed by atoms with E-state index in [1.165, 1.54) is 11.3 Å². The van der Waals surface area contributed by atoms with Gasteiger partial charge in [-0.05, 0) is 0 Å². The highest BCUT2D eigenvalue weighted by molar-refractivity contribution is 9.09. The van der Waals surface area contributed by atoms with Gasteiger partial charge < -0.3 is 5.11 Å². The molecule has 0 saturated carbocycles. The molecule has 62 valence electrons. The van der Waals surface area contributed by atoms with Crippen LogP contribution in [0.3, 0.4) is 0 Å². The van der Waals surface area contributed by atoms with Crippen LogP contribution in [0.15, 0.2) is 10.8 Å². The maximum absolute atomic E-state index is 10.6. The third-order valence-electron chi connectivity index (χ3n) is 1.18. The van der Waals surface area contributed by atoms with Crippen LogP contribution in [0.2, 0.25) is 0 Å². The molecular weight excluding hydrogens is 240 g/mol. The fraction of sp³-hybridized carbons (Fsp3) is 0.125. The number of alkyl halides is 1. The van der Waals surface area contributed by atoms with Crippen molar-refractivity contribution in [3.05, 3.63) is 21.9 Å². The first-order valence-electron chi connectivity index (χ1n) is 3.10. The average Bonchev–Trinajstić information content (AvgIpc) is 2.48. The SMILES string of the molecule is O=C(O)c1cscc1C#CCBr. The van der Waals surface area contributed by atoms with Gasteiger partial charge in [-0.2, -0.15) is 11.3 Å². The molecule has 0 atom stereocenters. The van der Waals surface area contributed by atoms with E-state index in [0.29, 0.717) is 10.9 Å². The van der Waals surface area contributed by atoms with E-state index >= 15 is 0 Å². The minimum atomic E-state index is -0.921. The molecule has 1 heterocycles. The third-order valence-corrected chi connectivity index (χ3v) is 2.21. The largest absolute Gasteiger partial charge is 0.478 e. The molecule has 1 aromatic heterocycles. The van der Waals surface area contributed by atoms with Gasteiger partial charge >= 0.3 is 5.97 Å². The Morgan fingerprint density at radius 3 is 3.00 bits per heavy atom. The molecule has 1 rings (SSSR count). The number of thiophene rings is 1. The number of carboxylic acids is 1. The molecule has 0 aromatic carbocycles. The summed E-state index contributed by atoms with van der Waals surface area (Å²) in [7, 11) is 0. The van der Waals surface area contributed by atoms with Crippen LogP contribution in [0.1, 0.15) is 15.9 Å². The Hall–Kier alpha value is -0.790. The first kappa shape index (κ1) is 9.30. The van der Waals surface area contributed by atoms with Crippen LogP contribution in [0.25, 0.3) is 0 Å². The first-order valence-corrected chi connectivity index (χ1v) is 5.16. The monoisotopic (exact) mass is 244 g/mol. The van der Waals surface area contributed by atoms with Crippen LogP contribution >= 0.6 is 27.3 Å². The highest BCUT2D eigenvalue weighted by atomic mass is 79.9. The molecule has 0 aliphatic heterocycles. The molecule has 0 spiro atoms. The van der Waals surface area contributed by atoms with E-state index in [1.54, 1.807) is 10.8 Å². The Morgan fingerprint density at radius 1 is 1.67 bits per heavy atom. The maximum atomic E-state index is 10.6. The van der Waals surface area contributed by atoms with Crippen LogP contribution in [0, 0.1) is 11.8 Å². The summed E-state index contributed by atoms with van der Waals surface area (Å²) >= 11 is 4.49. The predicted molar refractivity (Wildman–Crippen MR) is 52.0 cm³/mol. The molecule has 0 saturated heterocycles. The molecule has 0 unspecified atom stereocenters. The van der Waals surface area contributed by atoms with Gasteiger partial charge in [0, 0.05) is 16.3 Å². The molecule has 0 bridgehead atoms. The van der Waals surface area contributed by atoms with Gasteiger partial charge in [-0.15, -0.1) is 0 Å². The van der Waals surface area contributed by atoms with Gasteiger partial charge in [0.15, 0.2) is 0 Å². The van der Waals surface area contributed by atoms with Crippen molar-refractivity contribution in [3.63, 3.8) is 0 Å². The molecular formula is C8H5BrO2S. The van der Waals surface area contributed by atoms with E-state index < -0.39 is 5.97 Å². The van der Waals surface area contributed by atoms with E-state index in [9.17, 15) is 4.79 Å². The Labute approximate surface area is 82.4 Å². The minimum Gasteiger partial charge on any atom is -0.478 e. The van der Waals surface area contributed by atoms with E-state index in [2.05, 4.69) is 27.8 Å². The van der Waals surface area contributed by atoms with Gasteiger partial charge in [-0.3, -0.25) is 0 Å². The van der Waals surface area contributed by atoms with Crippen molar-refractivity contribution < 1.29 is 9.90 Å². The zero-order chi connectivity index (χ0) is 8.97. The second-order valence-corrected chi connectivity index (χ2v) is 3.24. The van der Waals surface area contributed by atoms with Gasteiger partial charge in [-0.25, -0.2) is 4.79 Å². The van der Waals surface area contributed by atoms with Crippen molar-refractivity contribution in [1.82, 2.24) is 0 Å². The summed E-state index contributed by atoms with van der Waals surface area (Å²) in [5, 5.41) is 12.6. The van der Waals surface area contributed by atoms with E-state index in [1.807, 2.05) is 0 Å². The van der Waals surface area contributed by atoms with Crippen molar-refractivity contribution >= 4 is 33.2 Å². The van der Waals surface area contributed by atoms with Gasteiger partial charge in [-0.1, -0.05) is 27.8 Å². The summed E-state index contributed by atoms with van der Waals surface area (Å²) in [6.07, 6.45) is 0. The molecule has 0 aliphatic rings. The zero-order valence-electron chi connectivity index (χ0n) is 6.00. The molecule has 0 aliphatic carbocycles. The number of rotatable bonds is 1. The van der Waals surface area contributed by atoms with Gasteiger partial charge in [0.1, 0.15) is 0 Å².